The Kier molecular flexibility index (Phi) is 4.24. The van der Waals surface area contributed by atoms with Crippen LogP contribution in [-0.2, 0) is 10.3 Å². The number of thiazole rings is 1. The maximum Gasteiger partial charge on any atom is 0.217 e. The minimum Gasteiger partial charge on any atom is -0.375 e. The van der Waals surface area contributed by atoms with Crippen LogP contribution in [0.25, 0.3) is 0 Å². The zero-order valence-corrected chi connectivity index (χ0v) is 12.3. The molecule has 4 nitrogen and oxygen atoms in total. The van der Waals surface area contributed by atoms with Crippen LogP contribution in [0.3, 0.4) is 0 Å². The van der Waals surface area contributed by atoms with Crippen LogP contribution in [0.15, 0.2) is 17.5 Å². The van der Waals surface area contributed by atoms with Gasteiger partial charge in [-0.2, -0.15) is 0 Å². The van der Waals surface area contributed by atoms with Gasteiger partial charge in [-0.1, -0.05) is 19.1 Å². The number of nitrogen functional groups attached to an aromatic ring is 1. The van der Waals surface area contributed by atoms with Crippen molar-refractivity contribution in [1.29, 1.82) is 0 Å². The molecule has 19 heavy (non-hydrogen) atoms. The van der Waals surface area contributed by atoms with Gasteiger partial charge in [0.2, 0.25) is 5.91 Å². The Morgan fingerprint density at radius 1 is 1.68 bits per heavy atom. The molecule has 0 aromatic carbocycles. The van der Waals surface area contributed by atoms with E-state index in [1.165, 1.54) is 11.3 Å². The molecule has 1 aliphatic carbocycles. The maximum atomic E-state index is 11.7. The number of nitrogens with two attached hydrogens (primary N) is 1. The standard InChI is InChI=1S/C14H21N3OS/c1-3-14(17-10(2)18,11-7-5-4-6-8-11)12-9-19-13(15)16-12/h5,7,9,11H,3-4,6,8H2,1-2H3,(H2,15,16)(H,17,18). The van der Waals surface area contributed by atoms with Crippen molar-refractivity contribution in [2.45, 2.75) is 45.1 Å². The highest BCUT2D eigenvalue weighted by Gasteiger charge is 2.40. The van der Waals surface area contributed by atoms with Crippen molar-refractivity contribution >= 4 is 22.4 Å². The van der Waals surface area contributed by atoms with Gasteiger partial charge in [0.1, 0.15) is 0 Å². The van der Waals surface area contributed by atoms with Crippen LogP contribution in [-0.4, -0.2) is 10.9 Å². The average molecular weight is 279 g/mol. The third-order valence-electron chi connectivity index (χ3n) is 3.82. The number of hydrogen-bond acceptors (Lipinski definition) is 4. The number of carbonyl (C=O) groups excluding carboxylic acids is 1. The summed E-state index contributed by atoms with van der Waals surface area (Å²) in [4.78, 5) is 16.1. The number of carbonyl (C=O) groups is 1. The molecule has 0 bridgehead atoms. The molecule has 0 fully saturated rings. The van der Waals surface area contributed by atoms with Crippen LogP contribution < -0.4 is 11.1 Å². The van der Waals surface area contributed by atoms with Crippen LogP contribution in [0, 0.1) is 5.92 Å². The molecule has 3 N–H and O–H groups in total. The third kappa shape index (κ3) is 2.81. The molecule has 2 atom stereocenters. The lowest BCUT2D eigenvalue weighted by atomic mass is 9.74. The summed E-state index contributed by atoms with van der Waals surface area (Å²) in [5.74, 6) is 0.268. The molecule has 1 aromatic rings. The van der Waals surface area contributed by atoms with Gasteiger partial charge in [0, 0.05) is 18.2 Å². The molecule has 2 unspecified atom stereocenters. The topological polar surface area (TPSA) is 68.0 Å². The van der Waals surface area contributed by atoms with Crippen molar-refractivity contribution in [3.05, 3.63) is 23.2 Å². The zero-order valence-electron chi connectivity index (χ0n) is 11.5. The van der Waals surface area contributed by atoms with Gasteiger partial charge < -0.3 is 11.1 Å². The molecule has 2 rings (SSSR count). The van der Waals surface area contributed by atoms with E-state index in [4.69, 9.17) is 5.73 Å². The predicted octanol–water partition coefficient (Wildman–Crippen LogP) is 2.82. The fourth-order valence-corrected chi connectivity index (χ4v) is 3.55. The Bertz CT molecular complexity index is 483. The van der Waals surface area contributed by atoms with Crippen LogP contribution in [0.4, 0.5) is 5.13 Å². The van der Waals surface area contributed by atoms with Crippen LogP contribution >= 0.6 is 11.3 Å². The third-order valence-corrected chi connectivity index (χ3v) is 4.50. The maximum absolute atomic E-state index is 11.7. The van der Waals surface area contributed by atoms with Crippen molar-refractivity contribution in [2.75, 3.05) is 5.73 Å². The lowest BCUT2D eigenvalue weighted by Crippen LogP contribution is -2.50. The minimum absolute atomic E-state index is 0.0209. The van der Waals surface area contributed by atoms with Crippen LogP contribution in [0.1, 0.15) is 45.2 Å². The quantitative estimate of drug-likeness (QED) is 0.833. The molecule has 0 saturated carbocycles. The van der Waals surface area contributed by atoms with Gasteiger partial charge in [-0.15, -0.1) is 11.3 Å². The Morgan fingerprint density at radius 3 is 2.95 bits per heavy atom. The molecule has 0 aliphatic heterocycles. The van der Waals surface area contributed by atoms with Gasteiger partial charge in [0.05, 0.1) is 11.2 Å². The van der Waals surface area contributed by atoms with Crippen molar-refractivity contribution < 1.29 is 4.79 Å². The Hall–Kier alpha value is -1.36. The fraction of sp³-hybridized carbons (Fsp3) is 0.571. The summed E-state index contributed by atoms with van der Waals surface area (Å²) in [5, 5.41) is 5.66. The zero-order chi connectivity index (χ0) is 13.9. The molecular formula is C14H21N3OS. The minimum atomic E-state index is -0.420. The number of hydrogen-bond donors (Lipinski definition) is 2. The summed E-state index contributed by atoms with van der Waals surface area (Å²) >= 11 is 1.43. The van der Waals surface area contributed by atoms with Crippen molar-refractivity contribution in [3.8, 4) is 0 Å². The average Bonchev–Trinajstić information content (AvgIpc) is 2.84. The van der Waals surface area contributed by atoms with E-state index < -0.39 is 5.54 Å². The number of nitrogens with zero attached hydrogens (tertiary/aromatic N) is 1. The normalized spacial score (nSPS) is 21.9. The van der Waals surface area contributed by atoms with Gasteiger partial charge in [0.15, 0.2) is 5.13 Å². The molecule has 1 aromatic heterocycles. The number of amides is 1. The summed E-state index contributed by atoms with van der Waals surface area (Å²) in [6, 6.07) is 0. The van der Waals surface area contributed by atoms with E-state index >= 15 is 0 Å². The van der Waals surface area contributed by atoms with Crippen molar-refractivity contribution in [2.24, 2.45) is 5.92 Å². The van der Waals surface area contributed by atoms with E-state index in [2.05, 4.69) is 29.4 Å². The molecule has 1 amide bonds. The largest absolute Gasteiger partial charge is 0.375 e. The first kappa shape index (κ1) is 14.1. The van der Waals surface area contributed by atoms with E-state index in [9.17, 15) is 4.79 Å². The van der Waals surface area contributed by atoms with Crippen molar-refractivity contribution in [1.82, 2.24) is 10.3 Å². The van der Waals surface area contributed by atoms with E-state index in [0.29, 0.717) is 5.13 Å². The van der Waals surface area contributed by atoms with Gasteiger partial charge in [-0.3, -0.25) is 4.79 Å². The van der Waals surface area contributed by atoms with Gasteiger partial charge in [0.25, 0.3) is 0 Å². The summed E-state index contributed by atoms with van der Waals surface area (Å²) in [6.07, 6.45) is 8.58. The monoisotopic (exact) mass is 279 g/mol. The second kappa shape index (κ2) is 5.74. The van der Waals surface area contributed by atoms with Crippen LogP contribution in [0.2, 0.25) is 0 Å². The van der Waals surface area contributed by atoms with Crippen LogP contribution in [0.5, 0.6) is 0 Å². The molecular weight excluding hydrogens is 258 g/mol. The Balaban J connectivity index is 2.43. The number of aromatic nitrogens is 1. The Labute approximate surface area is 118 Å². The van der Waals surface area contributed by atoms with E-state index in [1.54, 1.807) is 6.92 Å². The number of nitrogens with one attached hydrogen (secondary N) is 1. The second-order valence-electron chi connectivity index (χ2n) is 5.04. The number of allylic oxidation sites excluding steroid dienone is 1. The molecule has 1 aliphatic rings. The number of rotatable bonds is 4. The molecule has 104 valence electrons. The lowest BCUT2D eigenvalue weighted by molar-refractivity contribution is -0.121. The van der Waals surface area contributed by atoms with Gasteiger partial charge in [-0.25, -0.2) is 4.98 Å². The highest BCUT2D eigenvalue weighted by atomic mass is 32.1. The lowest BCUT2D eigenvalue weighted by Gasteiger charge is -2.39. The molecule has 0 saturated heterocycles. The van der Waals surface area contributed by atoms with Gasteiger partial charge >= 0.3 is 0 Å². The Morgan fingerprint density at radius 2 is 2.47 bits per heavy atom. The smallest absolute Gasteiger partial charge is 0.217 e. The molecule has 5 heteroatoms. The summed E-state index contributed by atoms with van der Waals surface area (Å²) in [5.41, 5.74) is 6.24. The first-order chi connectivity index (χ1) is 9.08. The molecule has 0 radical (unpaired) electrons. The van der Waals surface area contributed by atoms with Gasteiger partial charge in [-0.05, 0) is 25.7 Å². The first-order valence-electron chi connectivity index (χ1n) is 6.75. The molecule has 1 heterocycles. The highest BCUT2D eigenvalue weighted by Crippen LogP contribution is 2.39. The highest BCUT2D eigenvalue weighted by molar-refractivity contribution is 7.13. The second-order valence-corrected chi connectivity index (χ2v) is 5.93. The van der Waals surface area contributed by atoms with E-state index in [0.717, 1.165) is 31.4 Å². The summed E-state index contributed by atoms with van der Waals surface area (Å²) in [7, 11) is 0. The molecule has 0 spiro atoms. The number of anilines is 1. The summed E-state index contributed by atoms with van der Waals surface area (Å²) in [6.45, 7) is 3.65. The van der Waals surface area contributed by atoms with E-state index in [1.807, 2.05) is 5.38 Å². The fourth-order valence-electron chi connectivity index (χ4n) is 2.91. The summed E-state index contributed by atoms with van der Waals surface area (Å²) < 4.78 is 0. The van der Waals surface area contributed by atoms with E-state index in [-0.39, 0.29) is 11.8 Å². The first-order valence-corrected chi connectivity index (χ1v) is 7.63. The van der Waals surface area contributed by atoms with Crippen molar-refractivity contribution in [3.63, 3.8) is 0 Å². The predicted molar refractivity (Wildman–Crippen MR) is 78.8 cm³/mol. The SMILES string of the molecule is CCC(NC(C)=O)(c1csc(N)n1)C1C=CCCC1.